The van der Waals surface area contributed by atoms with Crippen molar-refractivity contribution in [2.24, 2.45) is 0 Å². The molecule has 0 aliphatic carbocycles. The van der Waals surface area contributed by atoms with Crippen molar-refractivity contribution in [3.63, 3.8) is 0 Å². The smallest absolute Gasteiger partial charge is 0.257 e. The zero-order valence-corrected chi connectivity index (χ0v) is 15.5. The molecule has 0 unspecified atom stereocenters. The lowest BCUT2D eigenvalue weighted by Crippen LogP contribution is -2.13. The summed E-state index contributed by atoms with van der Waals surface area (Å²) in [5, 5.41) is 6.77. The Morgan fingerprint density at radius 1 is 1.08 bits per heavy atom. The molecule has 2 N–H and O–H groups in total. The molecule has 132 valence electrons. The van der Waals surface area contributed by atoms with E-state index in [1.165, 1.54) is 11.1 Å². The van der Waals surface area contributed by atoms with Crippen LogP contribution in [0.5, 0.6) is 0 Å². The van der Waals surface area contributed by atoms with Crippen molar-refractivity contribution in [2.45, 2.75) is 20.4 Å². The van der Waals surface area contributed by atoms with Gasteiger partial charge >= 0.3 is 0 Å². The summed E-state index contributed by atoms with van der Waals surface area (Å²) < 4.78 is 0. The number of rotatable bonds is 5. The van der Waals surface area contributed by atoms with Crippen molar-refractivity contribution in [3.8, 4) is 0 Å². The van der Waals surface area contributed by atoms with Crippen LogP contribution >= 0.6 is 11.6 Å². The average Bonchev–Trinajstić information content (AvgIpc) is 2.63. The predicted molar refractivity (Wildman–Crippen MR) is 107 cm³/mol. The molecule has 0 saturated carbocycles. The van der Waals surface area contributed by atoms with Crippen molar-refractivity contribution >= 4 is 28.9 Å². The lowest BCUT2D eigenvalue weighted by atomic mass is 10.1. The molecule has 0 radical (unpaired) electrons. The van der Waals surface area contributed by atoms with Crippen molar-refractivity contribution < 1.29 is 4.79 Å². The number of carbonyl (C=O) groups excluding carboxylic acids is 1. The van der Waals surface area contributed by atoms with Crippen LogP contribution < -0.4 is 10.6 Å². The summed E-state index contributed by atoms with van der Waals surface area (Å²) >= 11 is 6.01. The summed E-state index contributed by atoms with van der Waals surface area (Å²) in [6.07, 6.45) is 3.25. The van der Waals surface area contributed by atoms with Gasteiger partial charge in [-0.3, -0.25) is 9.78 Å². The number of nitrogens with one attached hydrogen (secondary N) is 2. The van der Waals surface area contributed by atoms with E-state index in [1.54, 1.807) is 30.6 Å². The van der Waals surface area contributed by atoms with Crippen molar-refractivity contribution in [3.05, 3.63) is 88.2 Å². The average molecular weight is 366 g/mol. The molecule has 0 aliphatic rings. The number of halogens is 1. The van der Waals surface area contributed by atoms with Crippen LogP contribution in [0.1, 0.15) is 27.0 Å². The van der Waals surface area contributed by atoms with Gasteiger partial charge in [0, 0.05) is 29.6 Å². The van der Waals surface area contributed by atoms with E-state index in [1.807, 2.05) is 19.1 Å². The van der Waals surface area contributed by atoms with Gasteiger partial charge in [0.2, 0.25) is 0 Å². The zero-order valence-electron chi connectivity index (χ0n) is 14.7. The van der Waals surface area contributed by atoms with Gasteiger partial charge in [0.05, 0.1) is 11.3 Å². The topological polar surface area (TPSA) is 54.0 Å². The molecule has 0 atom stereocenters. The summed E-state index contributed by atoms with van der Waals surface area (Å²) in [6, 6.07) is 15.5. The Morgan fingerprint density at radius 3 is 2.73 bits per heavy atom. The molecule has 5 heteroatoms. The minimum absolute atomic E-state index is 0.220. The Bertz CT molecular complexity index is 940. The number of carbonyl (C=O) groups is 1. The fourth-order valence-electron chi connectivity index (χ4n) is 2.61. The molecule has 1 heterocycles. The minimum atomic E-state index is -0.220. The van der Waals surface area contributed by atoms with Crippen LogP contribution in [-0.2, 0) is 6.54 Å². The van der Waals surface area contributed by atoms with Crippen LogP contribution in [-0.4, -0.2) is 10.9 Å². The largest absolute Gasteiger partial charge is 0.380 e. The quantitative estimate of drug-likeness (QED) is 0.652. The van der Waals surface area contributed by atoms with E-state index in [4.69, 9.17) is 11.6 Å². The highest BCUT2D eigenvalue weighted by Gasteiger charge is 2.09. The standard InChI is InChI=1S/C21H20ClN3O/c1-14-4-3-5-16(8-14)11-24-19-9-17(12-23-13-19)21(26)25-20-10-18(22)7-6-15(20)2/h3-10,12-13,24H,11H2,1-2H3,(H,25,26). The van der Waals surface area contributed by atoms with E-state index >= 15 is 0 Å². The fourth-order valence-corrected chi connectivity index (χ4v) is 2.78. The number of amides is 1. The molecule has 3 rings (SSSR count). The molecule has 4 nitrogen and oxygen atoms in total. The second kappa shape index (κ2) is 8.02. The Labute approximate surface area is 158 Å². The molecule has 0 aliphatic heterocycles. The summed E-state index contributed by atoms with van der Waals surface area (Å²) in [4.78, 5) is 16.7. The number of anilines is 2. The van der Waals surface area contributed by atoms with Crippen molar-refractivity contribution in [1.29, 1.82) is 0 Å². The van der Waals surface area contributed by atoms with Crippen molar-refractivity contribution in [1.82, 2.24) is 4.98 Å². The summed E-state index contributed by atoms with van der Waals surface area (Å²) in [5.41, 5.74) is 5.31. The van der Waals surface area contributed by atoms with Gasteiger partial charge in [-0.05, 0) is 43.2 Å². The van der Waals surface area contributed by atoms with Gasteiger partial charge in [-0.25, -0.2) is 0 Å². The van der Waals surface area contributed by atoms with E-state index < -0.39 is 0 Å². The summed E-state index contributed by atoms with van der Waals surface area (Å²) in [5.74, 6) is -0.220. The highest BCUT2D eigenvalue weighted by molar-refractivity contribution is 6.31. The number of benzene rings is 2. The van der Waals surface area contributed by atoms with Crippen LogP contribution in [0.25, 0.3) is 0 Å². The molecule has 3 aromatic rings. The van der Waals surface area contributed by atoms with Gasteiger partial charge in [-0.2, -0.15) is 0 Å². The highest BCUT2D eigenvalue weighted by Crippen LogP contribution is 2.21. The van der Waals surface area contributed by atoms with Gasteiger partial charge in [-0.15, -0.1) is 0 Å². The molecule has 26 heavy (non-hydrogen) atoms. The Kier molecular flexibility index (Phi) is 5.54. The first-order valence-corrected chi connectivity index (χ1v) is 8.71. The maximum Gasteiger partial charge on any atom is 0.257 e. The zero-order chi connectivity index (χ0) is 18.5. The normalized spacial score (nSPS) is 10.4. The third-order valence-corrected chi connectivity index (χ3v) is 4.26. The van der Waals surface area contributed by atoms with E-state index in [9.17, 15) is 4.79 Å². The van der Waals surface area contributed by atoms with Gasteiger partial charge in [0.15, 0.2) is 0 Å². The number of nitrogens with zero attached hydrogens (tertiary/aromatic N) is 1. The maximum atomic E-state index is 12.5. The van der Waals surface area contributed by atoms with Crippen LogP contribution in [0.2, 0.25) is 5.02 Å². The molecular weight excluding hydrogens is 346 g/mol. The SMILES string of the molecule is Cc1cccc(CNc2cncc(C(=O)Nc3cc(Cl)ccc3C)c2)c1. The number of pyridine rings is 1. The second-order valence-corrected chi connectivity index (χ2v) is 6.65. The molecule has 2 aromatic carbocycles. The first-order valence-electron chi connectivity index (χ1n) is 8.33. The molecule has 1 aromatic heterocycles. The van der Waals surface area contributed by atoms with Gasteiger partial charge < -0.3 is 10.6 Å². The molecule has 0 bridgehead atoms. The van der Waals surface area contributed by atoms with Gasteiger partial charge in [0.25, 0.3) is 5.91 Å². The third kappa shape index (κ3) is 4.61. The van der Waals surface area contributed by atoms with E-state index in [0.29, 0.717) is 22.8 Å². The summed E-state index contributed by atoms with van der Waals surface area (Å²) in [7, 11) is 0. The van der Waals surface area contributed by atoms with E-state index in [0.717, 1.165) is 11.3 Å². The Balaban J connectivity index is 1.70. The molecule has 0 fully saturated rings. The maximum absolute atomic E-state index is 12.5. The lowest BCUT2D eigenvalue weighted by molar-refractivity contribution is 0.102. The first-order chi connectivity index (χ1) is 12.5. The molecule has 1 amide bonds. The van der Waals surface area contributed by atoms with Gasteiger partial charge in [-0.1, -0.05) is 47.5 Å². The Morgan fingerprint density at radius 2 is 1.92 bits per heavy atom. The molecular formula is C21H20ClN3O. The second-order valence-electron chi connectivity index (χ2n) is 6.22. The van der Waals surface area contributed by atoms with Crippen LogP contribution in [0, 0.1) is 13.8 Å². The van der Waals surface area contributed by atoms with E-state index in [2.05, 4.69) is 40.7 Å². The molecule has 0 spiro atoms. The lowest BCUT2D eigenvalue weighted by Gasteiger charge is -2.11. The summed E-state index contributed by atoms with van der Waals surface area (Å²) in [6.45, 7) is 4.65. The monoisotopic (exact) mass is 365 g/mol. The number of hydrogen-bond donors (Lipinski definition) is 2. The van der Waals surface area contributed by atoms with E-state index in [-0.39, 0.29) is 5.91 Å². The predicted octanol–water partition coefficient (Wildman–Crippen LogP) is 5.22. The minimum Gasteiger partial charge on any atom is -0.380 e. The Hall–Kier alpha value is -2.85. The van der Waals surface area contributed by atoms with Crippen molar-refractivity contribution in [2.75, 3.05) is 10.6 Å². The fraction of sp³-hybridized carbons (Fsp3) is 0.143. The first kappa shape index (κ1) is 18.0. The van der Waals surface area contributed by atoms with Crippen LogP contribution in [0.3, 0.4) is 0 Å². The third-order valence-electron chi connectivity index (χ3n) is 4.03. The number of hydrogen-bond acceptors (Lipinski definition) is 3. The number of aryl methyl sites for hydroxylation is 2. The molecule has 0 saturated heterocycles. The number of aromatic nitrogens is 1. The van der Waals surface area contributed by atoms with Crippen LogP contribution in [0.15, 0.2) is 60.9 Å². The van der Waals surface area contributed by atoms with Gasteiger partial charge in [0.1, 0.15) is 0 Å². The highest BCUT2D eigenvalue weighted by atomic mass is 35.5. The van der Waals surface area contributed by atoms with Crippen LogP contribution in [0.4, 0.5) is 11.4 Å².